The first-order valence-electron chi connectivity index (χ1n) is 5.39. The quantitative estimate of drug-likeness (QED) is 0.558. The molecule has 0 radical (unpaired) electrons. The van der Waals surface area contributed by atoms with Gasteiger partial charge in [-0.25, -0.2) is 31.7 Å². The van der Waals surface area contributed by atoms with Gasteiger partial charge in [0.15, 0.2) is 0 Å². The zero-order chi connectivity index (χ0) is 14.5. The van der Waals surface area contributed by atoms with Gasteiger partial charge in [-0.1, -0.05) is 0 Å². The van der Waals surface area contributed by atoms with E-state index in [1.165, 1.54) is 18.3 Å². The van der Waals surface area contributed by atoms with E-state index in [0.717, 1.165) is 0 Å². The normalized spacial score (nSPS) is 12.3. The molecule has 0 fully saturated rings. The van der Waals surface area contributed by atoms with Crippen LogP contribution in [0, 0.1) is 0 Å². The lowest BCUT2D eigenvalue weighted by atomic mass is 10.5. The first-order valence-corrected chi connectivity index (χ1v) is 8.59. The van der Waals surface area contributed by atoms with Gasteiger partial charge in [0, 0.05) is 19.8 Å². The molecule has 1 aromatic rings. The average molecular weight is 308 g/mol. The number of pyridine rings is 1. The molecule has 0 aliphatic rings. The number of hydrogen-bond donors (Lipinski definition) is 3. The van der Waals surface area contributed by atoms with E-state index in [1.807, 2.05) is 0 Å². The Morgan fingerprint density at radius 3 is 2.58 bits per heavy atom. The van der Waals surface area contributed by atoms with Gasteiger partial charge >= 0.3 is 0 Å². The van der Waals surface area contributed by atoms with Gasteiger partial charge in [-0.05, 0) is 18.6 Å². The number of sulfonamides is 2. The molecule has 0 aliphatic heterocycles. The van der Waals surface area contributed by atoms with Crippen molar-refractivity contribution >= 4 is 25.9 Å². The number of aromatic nitrogens is 1. The topological polar surface area (TPSA) is 131 Å². The van der Waals surface area contributed by atoms with E-state index in [0.29, 0.717) is 0 Å². The molecule has 10 heteroatoms. The number of anilines is 1. The van der Waals surface area contributed by atoms with Gasteiger partial charge in [0.1, 0.15) is 10.7 Å². The molecule has 0 unspecified atom stereocenters. The second kappa shape index (κ2) is 6.28. The Balaban J connectivity index is 2.71. The van der Waals surface area contributed by atoms with Crippen molar-refractivity contribution in [2.24, 2.45) is 5.14 Å². The highest BCUT2D eigenvalue weighted by Crippen LogP contribution is 2.16. The van der Waals surface area contributed by atoms with Crippen LogP contribution in [-0.4, -0.2) is 41.2 Å². The summed E-state index contributed by atoms with van der Waals surface area (Å²) in [6.07, 6.45) is 1.57. The molecule has 108 valence electrons. The fraction of sp³-hybridized carbons (Fsp3) is 0.444. The molecule has 0 aromatic carbocycles. The lowest BCUT2D eigenvalue weighted by Crippen LogP contribution is -2.28. The summed E-state index contributed by atoms with van der Waals surface area (Å²) < 4.78 is 47.6. The van der Waals surface area contributed by atoms with Crippen LogP contribution in [0.2, 0.25) is 0 Å². The van der Waals surface area contributed by atoms with E-state index in [1.54, 1.807) is 7.05 Å². The summed E-state index contributed by atoms with van der Waals surface area (Å²) in [5.74, 6) is -0.0528. The van der Waals surface area contributed by atoms with E-state index in [9.17, 15) is 16.8 Å². The van der Waals surface area contributed by atoms with Crippen LogP contribution in [0.5, 0.6) is 0 Å². The van der Waals surface area contributed by atoms with Crippen molar-refractivity contribution in [2.75, 3.05) is 24.7 Å². The SMILES string of the molecule is CNc1ncccc1S(=O)(=O)NCCCS(N)(=O)=O. The van der Waals surface area contributed by atoms with Crippen molar-refractivity contribution in [3.63, 3.8) is 0 Å². The van der Waals surface area contributed by atoms with E-state index < -0.39 is 20.0 Å². The van der Waals surface area contributed by atoms with E-state index in [-0.39, 0.29) is 29.4 Å². The Morgan fingerprint density at radius 1 is 1.32 bits per heavy atom. The molecule has 0 saturated heterocycles. The predicted octanol–water partition coefficient (Wildman–Crippen LogP) is -0.920. The lowest BCUT2D eigenvalue weighted by molar-refractivity contribution is 0.576. The molecule has 19 heavy (non-hydrogen) atoms. The first-order chi connectivity index (χ1) is 8.76. The van der Waals surface area contributed by atoms with Crippen molar-refractivity contribution in [2.45, 2.75) is 11.3 Å². The van der Waals surface area contributed by atoms with Crippen LogP contribution in [0.4, 0.5) is 5.82 Å². The lowest BCUT2D eigenvalue weighted by Gasteiger charge is -2.09. The van der Waals surface area contributed by atoms with Gasteiger partial charge in [-0.2, -0.15) is 0 Å². The van der Waals surface area contributed by atoms with Gasteiger partial charge in [0.25, 0.3) is 0 Å². The van der Waals surface area contributed by atoms with Gasteiger partial charge in [-0.3, -0.25) is 0 Å². The average Bonchev–Trinajstić information content (AvgIpc) is 2.33. The van der Waals surface area contributed by atoms with Crippen LogP contribution in [-0.2, 0) is 20.0 Å². The minimum absolute atomic E-state index is 0.00751. The molecule has 0 spiro atoms. The van der Waals surface area contributed by atoms with Crippen molar-refractivity contribution in [3.8, 4) is 0 Å². The zero-order valence-corrected chi connectivity index (χ0v) is 12.0. The molecule has 1 rings (SSSR count). The molecular weight excluding hydrogens is 292 g/mol. The maximum absolute atomic E-state index is 12.0. The summed E-state index contributed by atoms with van der Waals surface area (Å²) in [5.41, 5.74) is 0. The third-order valence-electron chi connectivity index (χ3n) is 2.19. The highest BCUT2D eigenvalue weighted by Gasteiger charge is 2.18. The van der Waals surface area contributed by atoms with Crippen molar-refractivity contribution in [1.82, 2.24) is 9.71 Å². The van der Waals surface area contributed by atoms with Crippen LogP contribution in [0.1, 0.15) is 6.42 Å². The Morgan fingerprint density at radius 2 is 2.00 bits per heavy atom. The molecule has 1 aromatic heterocycles. The van der Waals surface area contributed by atoms with E-state index in [2.05, 4.69) is 15.0 Å². The molecule has 0 bridgehead atoms. The minimum atomic E-state index is -3.73. The Bertz CT molecular complexity index is 627. The van der Waals surface area contributed by atoms with Gasteiger partial charge < -0.3 is 5.32 Å². The van der Waals surface area contributed by atoms with E-state index >= 15 is 0 Å². The van der Waals surface area contributed by atoms with E-state index in [4.69, 9.17) is 5.14 Å². The Kier molecular flexibility index (Phi) is 5.23. The highest BCUT2D eigenvalue weighted by molar-refractivity contribution is 7.89. The predicted molar refractivity (Wildman–Crippen MR) is 71.6 cm³/mol. The molecule has 1 heterocycles. The summed E-state index contributed by atoms with van der Waals surface area (Å²) in [6, 6.07) is 2.90. The van der Waals surface area contributed by atoms with Crippen molar-refractivity contribution in [3.05, 3.63) is 18.3 Å². The third kappa shape index (κ3) is 5.11. The maximum Gasteiger partial charge on any atom is 0.244 e. The molecule has 0 saturated carbocycles. The third-order valence-corrected chi connectivity index (χ3v) is 4.55. The molecule has 0 atom stereocenters. The second-order valence-corrected chi connectivity index (χ2v) is 7.19. The highest BCUT2D eigenvalue weighted by atomic mass is 32.2. The fourth-order valence-electron chi connectivity index (χ4n) is 1.35. The van der Waals surface area contributed by atoms with Crippen LogP contribution in [0.15, 0.2) is 23.2 Å². The summed E-state index contributed by atoms with van der Waals surface area (Å²) in [7, 11) is -5.75. The number of rotatable bonds is 7. The van der Waals surface area contributed by atoms with Crippen LogP contribution < -0.4 is 15.2 Å². The molecule has 8 nitrogen and oxygen atoms in total. The monoisotopic (exact) mass is 308 g/mol. The number of primary sulfonamides is 1. The van der Waals surface area contributed by atoms with Gasteiger partial charge in [-0.15, -0.1) is 0 Å². The standard InChI is InChI=1S/C9H16N4O4S2/c1-11-9-8(4-2-5-12-9)19(16,17)13-6-3-7-18(10,14)15/h2,4-5,13H,3,6-7H2,1H3,(H,11,12)(H2,10,14,15). The summed E-state index contributed by atoms with van der Waals surface area (Å²) >= 11 is 0. The number of hydrogen-bond acceptors (Lipinski definition) is 6. The Hall–Kier alpha value is -1.23. The van der Waals surface area contributed by atoms with Gasteiger partial charge in [0.05, 0.1) is 5.75 Å². The summed E-state index contributed by atoms with van der Waals surface area (Å²) in [5, 5.41) is 7.49. The van der Waals surface area contributed by atoms with Crippen molar-refractivity contribution in [1.29, 1.82) is 0 Å². The molecular formula is C9H16N4O4S2. The van der Waals surface area contributed by atoms with Crippen LogP contribution in [0.3, 0.4) is 0 Å². The molecule has 0 aliphatic carbocycles. The smallest absolute Gasteiger partial charge is 0.244 e. The number of nitrogens with one attached hydrogen (secondary N) is 2. The second-order valence-electron chi connectivity index (χ2n) is 3.72. The largest absolute Gasteiger partial charge is 0.372 e. The van der Waals surface area contributed by atoms with Crippen LogP contribution >= 0.6 is 0 Å². The minimum Gasteiger partial charge on any atom is -0.372 e. The molecule has 4 N–H and O–H groups in total. The number of nitrogens with zero attached hydrogens (tertiary/aromatic N) is 1. The fourth-order valence-corrected chi connectivity index (χ4v) is 3.14. The maximum atomic E-state index is 12.0. The number of nitrogens with two attached hydrogens (primary N) is 1. The zero-order valence-electron chi connectivity index (χ0n) is 10.3. The summed E-state index contributed by atoms with van der Waals surface area (Å²) in [4.78, 5) is 3.89. The van der Waals surface area contributed by atoms with Crippen LogP contribution in [0.25, 0.3) is 0 Å². The molecule has 0 amide bonds. The first kappa shape index (κ1) is 15.8. The van der Waals surface area contributed by atoms with Gasteiger partial charge in [0.2, 0.25) is 20.0 Å². The Labute approximate surface area is 112 Å². The van der Waals surface area contributed by atoms with Crippen molar-refractivity contribution < 1.29 is 16.8 Å². The summed E-state index contributed by atoms with van der Waals surface area (Å²) in [6.45, 7) is -0.0171.